The van der Waals surface area contributed by atoms with Crippen molar-refractivity contribution in [2.45, 2.75) is 44.9 Å². The highest BCUT2D eigenvalue weighted by Gasteiger charge is 2.12. The molecule has 0 nitrogen and oxygen atoms in total. The lowest BCUT2D eigenvalue weighted by molar-refractivity contribution is 0.524. The van der Waals surface area contributed by atoms with E-state index >= 15 is 0 Å². The smallest absolute Gasteiger partial charge is 0.0390 e. The number of hydrogen-bond donors (Lipinski definition) is 0. The number of hydrogen-bond acceptors (Lipinski definition) is 0. The third kappa shape index (κ3) is 7.93. The van der Waals surface area contributed by atoms with Crippen LogP contribution < -0.4 is 0 Å². The summed E-state index contributed by atoms with van der Waals surface area (Å²) < 4.78 is 0. The van der Waals surface area contributed by atoms with Crippen molar-refractivity contribution in [2.75, 3.05) is 0 Å². The van der Waals surface area contributed by atoms with Gasteiger partial charge in [-0.1, -0.05) is 19.4 Å². The van der Waals surface area contributed by atoms with E-state index < -0.39 is 0 Å². The zero-order chi connectivity index (χ0) is 8.91. The molecule has 0 saturated heterocycles. The predicted molar refractivity (Wildman–Crippen MR) is 53.1 cm³/mol. The van der Waals surface area contributed by atoms with Gasteiger partial charge < -0.3 is 0 Å². The molecule has 0 radical (unpaired) electrons. The summed E-state index contributed by atoms with van der Waals surface area (Å²) >= 11 is 6.03. The minimum absolute atomic E-state index is 0.0269. The van der Waals surface area contributed by atoms with Gasteiger partial charge in [0.2, 0.25) is 0 Å². The van der Waals surface area contributed by atoms with E-state index in [2.05, 4.69) is 27.4 Å². The molecule has 0 fully saturated rings. The Kier molecular flexibility index (Phi) is 4.83. The molecule has 0 aliphatic carbocycles. The third-order valence-corrected chi connectivity index (χ3v) is 2.02. The first-order valence-corrected chi connectivity index (χ1v) is 4.65. The third-order valence-electron chi connectivity index (χ3n) is 1.83. The second-order valence-corrected chi connectivity index (χ2v) is 4.85. The summed E-state index contributed by atoms with van der Waals surface area (Å²) in [7, 11) is 0. The zero-order valence-corrected chi connectivity index (χ0v) is 8.62. The van der Waals surface area contributed by atoms with Crippen molar-refractivity contribution in [2.24, 2.45) is 5.92 Å². The van der Waals surface area contributed by atoms with Crippen molar-refractivity contribution in [1.29, 1.82) is 0 Å². The molecular weight excluding hydrogens is 156 g/mol. The molecule has 0 rings (SSSR count). The second kappa shape index (κ2) is 4.82. The maximum Gasteiger partial charge on any atom is 0.0390 e. The van der Waals surface area contributed by atoms with Gasteiger partial charge in [0.05, 0.1) is 0 Å². The van der Waals surface area contributed by atoms with Crippen LogP contribution in [-0.2, 0) is 0 Å². The fraction of sp³-hybridized carbons (Fsp3) is 0.800. The molecule has 1 atom stereocenters. The number of halogens is 1. The fourth-order valence-corrected chi connectivity index (χ4v) is 1.10. The molecule has 66 valence electrons. The highest BCUT2D eigenvalue weighted by atomic mass is 35.5. The molecular formula is C10H19Cl. The molecule has 0 aromatic rings. The van der Waals surface area contributed by atoms with E-state index in [1.54, 1.807) is 0 Å². The largest absolute Gasteiger partial charge is 0.120 e. The molecule has 0 bridgehead atoms. The van der Waals surface area contributed by atoms with Crippen molar-refractivity contribution in [1.82, 2.24) is 0 Å². The van der Waals surface area contributed by atoms with Gasteiger partial charge in [-0.05, 0) is 32.6 Å². The fourth-order valence-electron chi connectivity index (χ4n) is 0.962. The SMILES string of the molecule is C=CC(C)CCCC(C)(C)Cl. The van der Waals surface area contributed by atoms with Crippen LogP contribution in [0.1, 0.15) is 40.0 Å². The number of alkyl halides is 1. The van der Waals surface area contributed by atoms with E-state index in [0.29, 0.717) is 5.92 Å². The van der Waals surface area contributed by atoms with Gasteiger partial charge in [-0.2, -0.15) is 0 Å². The van der Waals surface area contributed by atoms with Gasteiger partial charge in [0.1, 0.15) is 0 Å². The van der Waals surface area contributed by atoms with Crippen LogP contribution in [0.3, 0.4) is 0 Å². The summed E-state index contributed by atoms with van der Waals surface area (Å²) in [6.07, 6.45) is 5.50. The molecule has 0 aliphatic rings. The zero-order valence-electron chi connectivity index (χ0n) is 7.86. The van der Waals surface area contributed by atoms with Crippen molar-refractivity contribution in [3.05, 3.63) is 12.7 Å². The van der Waals surface area contributed by atoms with Crippen LogP contribution in [0.2, 0.25) is 0 Å². The molecule has 1 unspecified atom stereocenters. The van der Waals surface area contributed by atoms with Gasteiger partial charge in [0.25, 0.3) is 0 Å². The highest BCUT2D eigenvalue weighted by molar-refractivity contribution is 6.23. The summed E-state index contributed by atoms with van der Waals surface area (Å²) in [6.45, 7) is 10.1. The second-order valence-electron chi connectivity index (χ2n) is 3.82. The molecule has 0 amide bonds. The Morgan fingerprint density at radius 3 is 2.45 bits per heavy atom. The molecule has 0 heterocycles. The lowest BCUT2D eigenvalue weighted by Crippen LogP contribution is -2.09. The normalized spacial score (nSPS) is 14.5. The number of rotatable bonds is 5. The van der Waals surface area contributed by atoms with Crippen LogP contribution in [0.5, 0.6) is 0 Å². The summed E-state index contributed by atoms with van der Waals surface area (Å²) in [5, 5.41) is 0. The van der Waals surface area contributed by atoms with Crippen LogP contribution in [-0.4, -0.2) is 4.87 Å². The monoisotopic (exact) mass is 174 g/mol. The number of allylic oxidation sites excluding steroid dienone is 1. The minimum Gasteiger partial charge on any atom is -0.120 e. The van der Waals surface area contributed by atoms with E-state index in [-0.39, 0.29) is 4.87 Å². The minimum atomic E-state index is -0.0269. The summed E-state index contributed by atoms with van der Waals surface area (Å²) in [4.78, 5) is -0.0269. The van der Waals surface area contributed by atoms with Gasteiger partial charge in [0.15, 0.2) is 0 Å². The van der Waals surface area contributed by atoms with Crippen molar-refractivity contribution in [3.63, 3.8) is 0 Å². The maximum atomic E-state index is 6.03. The van der Waals surface area contributed by atoms with Crippen LogP contribution in [0.25, 0.3) is 0 Å². The quantitative estimate of drug-likeness (QED) is 0.437. The van der Waals surface area contributed by atoms with Crippen molar-refractivity contribution >= 4 is 11.6 Å². The van der Waals surface area contributed by atoms with Gasteiger partial charge in [-0.15, -0.1) is 18.2 Å². The Morgan fingerprint density at radius 2 is 2.09 bits per heavy atom. The molecule has 0 aliphatic heterocycles. The molecule has 1 heteroatoms. The first kappa shape index (κ1) is 11.0. The summed E-state index contributed by atoms with van der Waals surface area (Å²) in [6, 6.07) is 0. The van der Waals surface area contributed by atoms with Crippen LogP contribution in [0.4, 0.5) is 0 Å². The average molecular weight is 175 g/mol. The van der Waals surface area contributed by atoms with E-state index in [9.17, 15) is 0 Å². The van der Waals surface area contributed by atoms with Crippen molar-refractivity contribution in [3.8, 4) is 0 Å². The van der Waals surface area contributed by atoms with E-state index in [4.69, 9.17) is 11.6 Å². The van der Waals surface area contributed by atoms with Crippen LogP contribution in [0, 0.1) is 5.92 Å². The predicted octanol–water partition coefficient (Wildman–Crippen LogP) is 4.00. The lowest BCUT2D eigenvalue weighted by atomic mass is 9.99. The Bertz CT molecular complexity index is 111. The first-order valence-electron chi connectivity index (χ1n) is 4.27. The average Bonchev–Trinajstić information content (AvgIpc) is 1.85. The maximum absolute atomic E-state index is 6.03. The molecule has 0 aromatic carbocycles. The van der Waals surface area contributed by atoms with E-state index in [1.165, 1.54) is 12.8 Å². The van der Waals surface area contributed by atoms with E-state index in [0.717, 1.165) is 6.42 Å². The summed E-state index contributed by atoms with van der Waals surface area (Å²) in [5.74, 6) is 0.633. The van der Waals surface area contributed by atoms with Gasteiger partial charge in [-0.3, -0.25) is 0 Å². The van der Waals surface area contributed by atoms with Gasteiger partial charge >= 0.3 is 0 Å². The molecule has 11 heavy (non-hydrogen) atoms. The van der Waals surface area contributed by atoms with Crippen LogP contribution in [0.15, 0.2) is 12.7 Å². The highest BCUT2D eigenvalue weighted by Crippen LogP contribution is 2.22. The Morgan fingerprint density at radius 1 is 1.55 bits per heavy atom. The topological polar surface area (TPSA) is 0 Å². The molecule has 0 spiro atoms. The van der Waals surface area contributed by atoms with E-state index in [1.807, 2.05) is 6.08 Å². The lowest BCUT2D eigenvalue weighted by Gasteiger charge is -2.15. The molecule has 0 N–H and O–H groups in total. The summed E-state index contributed by atoms with van der Waals surface area (Å²) in [5.41, 5.74) is 0. The van der Waals surface area contributed by atoms with Crippen LogP contribution >= 0.6 is 11.6 Å². The Labute approximate surface area is 75.6 Å². The first-order chi connectivity index (χ1) is 4.95. The van der Waals surface area contributed by atoms with Gasteiger partial charge in [-0.25, -0.2) is 0 Å². The Hall–Kier alpha value is 0.0300. The molecule has 0 aromatic heterocycles. The Balaban J connectivity index is 3.35. The molecule has 0 saturated carbocycles. The standard InChI is InChI=1S/C10H19Cl/c1-5-9(2)7-6-8-10(3,4)11/h5,9H,1,6-8H2,2-4H3. The van der Waals surface area contributed by atoms with Gasteiger partial charge in [0, 0.05) is 4.87 Å². The van der Waals surface area contributed by atoms with Crippen molar-refractivity contribution < 1.29 is 0 Å².